The van der Waals surface area contributed by atoms with E-state index >= 15 is 0 Å². The molecule has 0 radical (unpaired) electrons. The molecule has 1 aromatic rings. The van der Waals surface area contributed by atoms with Crippen molar-refractivity contribution in [1.82, 2.24) is 5.32 Å². The number of rotatable bonds is 3. The topological polar surface area (TPSA) is 21.3 Å². The molecule has 1 fully saturated rings. The summed E-state index contributed by atoms with van der Waals surface area (Å²) in [6.45, 7) is 1.86. The van der Waals surface area contributed by atoms with Gasteiger partial charge in [-0.2, -0.15) is 0 Å². The van der Waals surface area contributed by atoms with E-state index in [0.717, 1.165) is 6.54 Å². The van der Waals surface area contributed by atoms with Crippen molar-refractivity contribution in [2.75, 3.05) is 13.7 Å². The van der Waals surface area contributed by atoms with E-state index in [1.165, 1.54) is 30.4 Å². The molecule has 1 aromatic carbocycles. The maximum Gasteiger partial charge on any atom is 0.0713 e. The van der Waals surface area contributed by atoms with Crippen molar-refractivity contribution < 1.29 is 4.74 Å². The lowest BCUT2D eigenvalue weighted by Crippen LogP contribution is -2.26. The molecule has 0 spiro atoms. The molecule has 82 valence electrons. The predicted molar refractivity (Wildman–Crippen MR) is 61.7 cm³/mol. The highest BCUT2D eigenvalue weighted by Gasteiger charge is 2.14. The Labute approximate surface area is 91.6 Å². The molecule has 1 saturated heterocycles. The largest absolute Gasteiger partial charge is 0.380 e. The molecular formula is C13H19NO. The Bertz CT molecular complexity index is 305. The smallest absolute Gasteiger partial charge is 0.0713 e. The lowest BCUT2D eigenvalue weighted by atomic mass is 9.96. The maximum atomic E-state index is 5.15. The van der Waals surface area contributed by atoms with Gasteiger partial charge in [0, 0.05) is 13.2 Å². The van der Waals surface area contributed by atoms with Crippen LogP contribution < -0.4 is 5.32 Å². The van der Waals surface area contributed by atoms with Crippen LogP contribution in [0.1, 0.15) is 36.4 Å². The zero-order valence-corrected chi connectivity index (χ0v) is 9.33. The number of hydrogen-bond donors (Lipinski definition) is 1. The van der Waals surface area contributed by atoms with Gasteiger partial charge in [0.1, 0.15) is 0 Å². The highest BCUT2D eigenvalue weighted by atomic mass is 16.5. The summed E-state index contributed by atoms with van der Waals surface area (Å²) in [5.74, 6) is 0. The van der Waals surface area contributed by atoms with Crippen LogP contribution in [0.15, 0.2) is 24.3 Å². The molecule has 2 rings (SSSR count). The fourth-order valence-electron chi connectivity index (χ4n) is 2.20. The molecule has 0 aromatic heterocycles. The first-order valence-corrected chi connectivity index (χ1v) is 5.71. The summed E-state index contributed by atoms with van der Waals surface area (Å²) in [7, 11) is 1.74. The average molecular weight is 205 g/mol. The number of ether oxygens (including phenoxy) is 1. The summed E-state index contributed by atoms with van der Waals surface area (Å²) < 4.78 is 5.15. The summed E-state index contributed by atoms with van der Waals surface area (Å²) in [6, 6.07) is 9.26. The second-order valence-corrected chi connectivity index (χ2v) is 4.18. The third-order valence-electron chi connectivity index (χ3n) is 2.97. The first kappa shape index (κ1) is 10.7. The van der Waals surface area contributed by atoms with Crippen LogP contribution in [0.3, 0.4) is 0 Å². The van der Waals surface area contributed by atoms with Gasteiger partial charge in [0.2, 0.25) is 0 Å². The summed E-state index contributed by atoms with van der Waals surface area (Å²) >= 11 is 0. The lowest BCUT2D eigenvalue weighted by Gasteiger charge is -2.24. The van der Waals surface area contributed by atoms with E-state index in [1.807, 2.05) is 0 Å². The van der Waals surface area contributed by atoms with E-state index in [1.54, 1.807) is 7.11 Å². The minimum absolute atomic E-state index is 0.551. The number of nitrogens with one attached hydrogen (secondary N) is 1. The quantitative estimate of drug-likeness (QED) is 0.819. The predicted octanol–water partition coefficient (Wildman–Crippen LogP) is 2.65. The highest BCUT2D eigenvalue weighted by Crippen LogP contribution is 2.23. The zero-order chi connectivity index (χ0) is 10.5. The molecule has 1 aliphatic heterocycles. The Balaban J connectivity index is 2.09. The zero-order valence-electron chi connectivity index (χ0n) is 9.33. The van der Waals surface area contributed by atoms with Crippen molar-refractivity contribution in [2.45, 2.75) is 31.9 Å². The van der Waals surface area contributed by atoms with Crippen LogP contribution in [-0.2, 0) is 11.3 Å². The van der Waals surface area contributed by atoms with E-state index in [4.69, 9.17) is 4.74 Å². The van der Waals surface area contributed by atoms with E-state index in [2.05, 4.69) is 29.6 Å². The van der Waals surface area contributed by atoms with E-state index in [-0.39, 0.29) is 0 Å². The highest BCUT2D eigenvalue weighted by molar-refractivity contribution is 5.26. The van der Waals surface area contributed by atoms with Crippen LogP contribution >= 0.6 is 0 Å². The average Bonchev–Trinajstić information content (AvgIpc) is 2.31. The van der Waals surface area contributed by atoms with Gasteiger partial charge in [-0.3, -0.25) is 0 Å². The van der Waals surface area contributed by atoms with Crippen molar-refractivity contribution in [3.05, 3.63) is 35.4 Å². The monoisotopic (exact) mass is 205 g/mol. The van der Waals surface area contributed by atoms with Gasteiger partial charge in [-0.15, -0.1) is 0 Å². The first-order valence-electron chi connectivity index (χ1n) is 5.71. The molecule has 0 bridgehead atoms. The second-order valence-electron chi connectivity index (χ2n) is 4.18. The minimum atomic E-state index is 0.551. The van der Waals surface area contributed by atoms with Gasteiger partial charge in [-0.1, -0.05) is 30.7 Å². The molecule has 2 nitrogen and oxygen atoms in total. The number of methoxy groups -OCH3 is 1. The fraction of sp³-hybridized carbons (Fsp3) is 0.538. The van der Waals surface area contributed by atoms with Crippen LogP contribution in [0, 0.1) is 0 Å². The Kier molecular flexibility index (Phi) is 3.75. The summed E-state index contributed by atoms with van der Waals surface area (Å²) in [5, 5.41) is 3.56. The Hall–Kier alpha value is -0.860. The molecular weight excluding hydrogens is 186 g/mol. The van der Waals surface area contributed by atoms with E-state index in [0.29, 0.717) is 12.6 Å². The molecule has 1 N–H and O–H groups in total. The van der Waals surface area contributed by atoms with Gasteiger partial charge in [0.15, 0.2) is 0 Å². The number of benzene rings is 1. The van der Waals surface area contributed by atoms with Gasteiger partial charge in [0.05, 0.1) is 6.61 Å². The summed E-state index contributed by atoms with van der Waals surface area (Å²) in [5.41, 5.74) is 2.67. The van der Waals surface area contributed by atoms with Crippen LogP contribution in [-0.4, -0.2) is 13.7 Å². The third kappa shape index (κ3) is 2.80. The van der Waals surface area contributed by atoms with Gasteiger partial charge in [-0.25, -0.2) is 0 Å². The molecule has 2 heteroatoms. The lowest BCUT2D eigenvalue weighted by molar-refractivity contribution is 0.184. The molecule has 1 unspecified atom stereocenters. The van der Waals surface area contributed by atoms with Gasteiger partial charge in [0.25, 0.3) is 0 Å². The molecule has 1 atom stereocenters. The van der Waals surface area contributed by atoms with Crippen molar-refractivity contribution in [3.63, 3.8) is 0 Å². The molecule has 1 heterocycles. The van der Waals surface area contributed by atoms with Gasteiger partial charge in [-0.05, 0) is 30.5 Å². The van der Waals surface area contributed by atoms with E-state index in [9.17, 15) is 0 Å². The van der Waals surface area contributed by atoms with Crippen LogP contribution in [0.4, 0.5) is 0 Å². The van der Waals surface area contributed by atoms with Crippen LogP contribution in [0.5, 0.6) is 0 Å². The Morgan fingerprint density at radius 1 is 1.40 bits per heavy atom. The minimum Gasteiger partial charge on any atom is -0.380 e. The van der Waals surface area contributed by atoms with Gasteiger partial charge >= 0.3 is 0 Å². The molecule has 15 heavy (non-hydrogen) atoms. The van der Waals surface area contributed by atoms with Crippen molar-refractivity contribution >= 4 is 0 Å². The van der Waals surface area contributed by atoms with Crippen LogP contribution in [0.2, 0.25) is 0 Å². The SMILES string of the molecule is COCc1cccc(C2CCCCN2)c1. The maximum absolute atomic E-state index is 5.15. The summed E-state index contributed by atoms with van der Waals surface area (Å²) in [4.78, 5) is 0. The standard InChI is InChI=1S/C13H19NO/c1-15-10-11-5-4-6-12(9-11)13-7-2-3-8-14-13/h4-6,9,13-14H,2-3,7-8,10H2,1H3. The van der Waals surface area contributed by atoms with Crippen LogP contribution in [0.25, 0.3) is 0 Å². The third-order valence-corrected chi connectivity index (χ3v) is 2.97. The van der Waals surface area contributed by atoms with Crippen molar-refractivity contribution in [2.24, 2.45) is 0 Å². The Morgan fingerprint density at radius 3 is 3.07 bits per heavy atom. The summed E-state index contributed by atoms with van der Waals surface area (Å²) in [6.07, 6.45) is 3.91. The molecule has 0 aliphatic carbocycles. The van der Waals surface area contributed by atoms with Crippen molar-refractivity contribution in [1.29, 1.82) is 0 Å². The van der Waals surface area contributed by atoms with E-state index < -0.39 is 0 Å². The normalized spacial score (nSPS) is 21.5. The second kappa shape index (κ2) is 5.29. The van der Waals surface area contributed by atoms with Crippen molar-refractivity contribution in [3.8, 4) is 0 Å². The fourth-order valence-corrected chi connectivity index (χ4v) is 2.20. The molecule has 0 amide bonds. The molecule has 0 saturated carbocycles. The number of hydrogen-bond acceptors (Lipinski definition) is 2. The van der Waals surface area contributed by atoms with Gasteiger partial charge < -0.3 is 10.1 Å². The number of piperidine rings is 1. The molecule has 1 aliphatic rings. The first-order chi connectivity index (χ1) is 7.40. The Morgan fingerprint density at radius 2 is 2.33 bits per heavy atom.